The van der Waals surface area contributed by atoms with Crippen molar-refractivity contribution in [3.05, 3.63) is 30.2 Å². The molecule has 0 spiro atoms. The largest absolute Gasteiger partial charge is 0.480 e. The molecule has 2 rings (SSSR count). The van der Waals surface area contributed by atoms with E-state index in [1.165, 1.54) is 26.6 Å². The Bertz CT molecular complexity index is 646. The van der Waals surface area contributed by atoms with E-state index >= 15 is 0 Å². The maximum atomic E-state index is 12.0. The second-order valence-corrected chi connectivity index (χ2v) is 3.92. The van der Waals surface area contributed by atoms with E-state index in [1.54, 1.807) is 19.2 Å². The number of hydrogen-bond acceptors (Lipinski definition) is 7. The zero-order chi connectivity index (χ0) is 15.2. The highest BCUT2D eigenvalue weighted by molar-refractivity contribution is 5.97. The summed E-state index contributed by atoms with van der Waals surface area (Å²) in [4.78, 5) is 24.1. The Hall–Kier alpha value is -2.70. The molecule has 0 fully saturated rings. The summed E-state index contributed by atoms with van der Waals surface area (Å²) in [5, 5.41) is 0. The van der Waals surface area contributed by atoms with Crippen LogP contribution in [0.1, 0.15) is 17.3 Å². The van der Waals surface area contributed by atoms with Crippen LogP contribution in [0.15, 0.2) is 24.7 Å². The molecule has 0 saturated carbocycles. The molecule has 0 saturated heterocycles. The Morgan fingerprint density at radius 1 is 1.19 bits per heavy atom. The summed E-state index contributed by atoms with van der Waals surface area (Å²) in [5.74, 6) is -0.155. The smallest absolute Gasteiger partial charge is 0.340 e. The normalized spacial score (nSPS) is 10.0. The van der Waals surface area contributed by atoms with Gasteiger partial charge in [-0.25, -0.2) is 9.78 Å². The number of carbonyl (C=O) groups excluding carboxylic acids is 1. The molecule has 0 amide bonds. The Kier molecular flexibility index (Phi) is 4.65. The molecule has 0 aromatic carbocycles. The highest BCUT2D eigenvalue weighted by Gasteiger charge is 2.18. The van der Waals surface area contributed by atoms with Crippen LogP contribution in [0.2, 0.25) is 0 Å². The van der Waals surface area contributed by atoms with Crippen molar-refractivity contribution in [1.82, 2.24) is 15.0 Å². The second-order valence-electron chi connectivity index (χ2n) is 3.92. The first kappa shape index (κ1) is 14.7. The number of aromatic nitrogens is 3. The van der Waals surface area contributed by atoms with Gasteiger partial charge in [-0.1, -0.05) is 0 Å². The van der Waals surface area contributed by atoms with Crippen molar-refractivity contribution in [1.29, 1.82) is 0 Å². The maximum absolute atomic E-state index is 12.0. The molecule has 0 bridgehead atoms. The van der Waals surface area contributed by atoms with E-state index < -0.39 is 5.97 Å². The van der Waals surface area contributed by atoms with E-state index in [1.807, 2.05) is 0 Å². The first-order chi connectivity index (χ1) is 10.2. The van der Waals surface area contributed by atoms with Gasteiger partial charge in [0, 0.05) is 24.2 Å². The highest BCUT2D eigenvalue weighted by atomic mass is 16.5. The molecule has 0 aliphatic heterocycles. The Morgan fingerprint density at radius 3 is 2.67 bits per heavy atom. The summed E-state index contributed by atoms with van der Waals surface area (Å²) in [7, 11) is 2.95. The van der Waals surface area contributed by atoms with Gasteiger partial charge in [0.1, 0.15) is 0 Å². The van der Waals surface area contributed by atoms with Gasteiger partial charge in [0.25, 0.3) is 0 Å². The van der Waals surface area contributed by atoms with E-state index in [0.29, 0.717) is 22.6 Å². The van der Waals surface area contributed by atoms with Gasteiger partial charge in [0.05, 0.1) is 32.0 Å². The van der Waals surface area contributed by atoms with Gasteiger partial charge in [-0.05, 0) is 13.0 Å². The summed E-state index contributed by atoms with van der Waals surface area (Å²) < 4.78 is 15.2. The van der Waals surface area contributed by atoms with E-state index in [9.17, 15) is 4.79 Å². The van der Waals surface area contributed by atoms with Crippen LogP contribution in [0.3, 0.4) is 0 Å². The van der Waals surface area contributed by atoms with Crippen LogP contribution in [0, 0.1) is 0 Å². The Morgan fingerprint density at radius 2 is 2.00 bits per heavy atom. The number of esters is 1. The topological polar surface area (TPSA) is 83.4 Å². The predicted molar refractivity (Wildman–Crippen MR) is 74.3 cm³/mol. The SMILES string of the molecule is CCOC(=O)c1cnccc1-c1cnc(OC)nc1OC. The number of carbonyl (C=O) groups is 1. The second kappa shape index (κ2) is 6.65. The first-order valence-corrected chi connectivity index (χ1v) is 6.27. The molecule has 7 nitrogen and oxygen atoms in total. The summed E-state index contributed by atoms with van der Waals surface area (Å²) in [5.41, 5.74) is 1.47. The summed E-state index contributed by atoms with van der Waals surface area (Å²) in [6.45, 7) is 2.02. The third kappa shape index (κ3) is 3.07. The quantitative estimate of drug-likeness (QED) is 0.775. The molecule has 7 heteroatoms. The van der Waals surface area contributed by atoms with Gasteiger partial charge < -0.3 is 14.2 Å². The van der Waals surface area contributed by atoms with E-state index in [-0.39, 0.29) is 12.6 Å². The van der Waals surface area contributed by atoms with Gasteiger partial charge in [-0.2, -0.15) is 4.98 Å². The van der Waals surface area contributed by atoms with Gasteiger partial charge in [-0.3, -0.25) is 4.98 Å². The number of pyridine rings is 1. The zero-order valence-corrected chi connectivity index (χ0v) is 12.0. The third-order valence-corrected chi connectivity index (χ3v) is 2.71. The van der Waals surface area contributed by atoms with Crippen molar-refractivity contribution < 1.29 is 19.0 Å². The average molecular weight is 289 g/mol. The molecule has 0 N–H and O–H groups in total. The van der Waals surface area contributed by atoms with Crippen LogP contribution in [0.4, 0.5) is 0 Å². The monoisotopic (exact) mass is 289 g/mol. The van der Waals surface area contributed by atoms with Crippen molar-refractivity contribution in [3.63, 3.8) is 0 Å². The van der Waals surface area contributed by atoms with Gasteiger partial charge >= 0.3 is 12.0 Å². The molecule has 0 aliphatic carbocycles. The minimum absolute atomic E-state index is 0.183. The van der Waals surface area contributed by atoms with E-state index in [0.717, 1.165) is 0 Å². The molecular formula is C14H15N3O4. The fourth-order valence-corrected chi connectivity index (χ4v) is 1.79. The first-order valence-electron chi connectivity index (χ1n) is 6.27. The predicted octanol–water partition coefficient (Wildman–Crippen LogP) is 1.73. The summed E-state index contributed by atoms with van der Waals surface area (Å²) >= 11 is 0. The summed E-state index contributed by atoms with van der Waals surface area (Å²) in [6.07, 6.45) is 4.54. The standard InChI is InChI=1S/C14H15N3O4/c1-4-21-13(18)11-7-15-6-5-9(11)10-8-16-14(20-3)17-12(10)19-2/h5-8H,4H2,1-3H3. The lowest BCUT2D eigenvalue weighted by molar-refractivity contribution is 0.0527. The molecular weight excluding hydrogens is 274 g/mol. The van der Waals surface area contributed by atoms with Crippen LogP contribution in [0.5, 0.6) is 11.9 Å². The molecule has 0 radical (unpaired) electrons. The fourth-order valence-electron chi connectivity index (χ4n) is 1.79. The molecule has 2 heterocycles. The van der Waals surface area contributed by atoms with Gasteiger partial charge in [0.15, 0.2) is 0 Å². The average Bonchev–Trinajstić information content (AvgIpc) is 2.54. The Balaban J connectivity index is 2.54. The molecule has 0 aliphatic rings. The number of ether oxygens (including phenoxy) is 3. The number of methoxy groups -OCH3 is 2. The van der Waals surface area contributed by atoms with Crippen LogP contribution in [0.25, 0.3) is 11.1 Å². The Labute approximate surface area is 121 Å². The lowest BCUT2D eigenvalue weighted by atomic mass is 10.0. The van der Waals surface area contributed by atoms with E-state index in [4.69, 9.17) is 14.2 Å². The minimum atomic E-state index is -0.460. The summed E-state index contributed by atoms with van der Waals surface area (Å²) in [6, 6.07) is 1.86. The zero-order valence-electron chi connectivity index (χ0n) is 12.0. The van der Waals surface area contributed by atoms with Crippen LogP contribution in [-0.2, 0) is 4.74 Å². The maximum Gasteiger partial charge on any atom is 0.340 e. The van der Waals surface area contributed by atoms with Crippen LogP contribution in [-0.4, -0.2) is 41.7 Å². The number of rotatable bonds is 5. The van der Waals surface area contributed by atoms with Crippen molar-refractivity contribution >= 4 is 5.97 Å². The molecule has 0 atom stereocenters. The molecule has 0 unspecified atom stereocenters. The van der Waals surface area contributed by atoms with Crippen LogP contribution < -0.4 is 9.47 Å². The van der Waals surface area contributed by atoms with Crippen molar-refractivity contribution in [3.8, 4) is 23.0 Å². The van der Waals surface area contributed by atoms with Crippen LogP contribution >= 0.6 is 0 Å². The van der Waals surface area contributed by atoms with Crippen molar-refractivity contribution in [2.24, 2.45) is 0 Å². The van der Waals surface area contributed by atoms with E-state index in [2.05, 4.69) is 15.0 Å². The highest BCUT2D eigenvalue weighted by Crippen LogP contribution is 2.31. The fraction of sp³-hybridized carbons (Fsp3) is 0.286. The van der Waals surface area contributed by atoms with Crippen molar-refractivity contribution in [2.45, 2.75) is 6.92 Å². The van der Waals surface area contributed by atoms with Crippen molar-refractivity contribution in [2.75, 3.05) is 20.8 Å². The lowest BCUT2D eigenvalue weighted by Crippen LogP contribution is -2.08. The number of nitrogens with zero attached hydrogens (tertiary/aromatic N) is 3. The van der Waals surface area contributed by atoms with Gasteiger partial charge in [0.2, 0.25) is 5.88 Å². The number of hydrogen-bond donors (Lipinski definition) is 0. The molecule has 110 valence electrons. The molecule has 2 aromatic heterocycles. The lowest BCUT2D eigenvalue weighted by Gasteiger charge is -2.11. The minimum Gasteiger partial charge on any atom is -0.480 e. The third-order valence-electron chi connectivity index (χ3n) is 2.71. The van der Waals surface area contributed by atoms with Gasteiger partial charge in [-0.15, -0.1) is 0 Å². The molecule has 21 heavy (non-hydrogen) atoms. The molecule has 2 aromatic rings.